The van der Waals surface area contributed by atoms with E-state index in [1.165, 1.54) is 4.52 Å². The Kier molecular flexibility index (Phi) is 5.78. The number of rotatable bonds is 7. The molecule has 34 heavy (non-hydrogen) atoms. The molecule has 3 heterocycles. The first-order valence-electron chi connectivity index (χ1n) is 11.0. The summed E-state index contributed by atoms with van der Waals surface area (Å²) in [6.07, 6.45) is 1.48. The molecule has 2 aromatic carbocycles. The third-order valence-corrected chi connectivity index (χ3v) is 5.72. The predicted molar refractivity (Wildman–Crippen MR) is 127 cm³/mol. The first kappa shape index (κ1) is 21.4. The lowest BCUT2D eigenvalue weighted by atomic mass is 10.1. The Morgan fingerprint density at radius 3 is 2.44 bits per heavy atom. The number of nitrogens with zero attached hydrogens (tertiary/aromatic N) is 4. The van der Waals surface area contributed by atoms with Gasteiger partial charge in [0.25, 0.3) is 5.56 Å². The second-order valence-electron chi connectivity index (χ2n) is 7.99. The molecule has 0 radical (unpaired) electrons. The summed E-state index contributed by atoms with van der Waals surface area (Å²) in [7, 11) is 0. The summed E-state index contributed by atoms with van der Waals surface area (Å²) < 4.78 is 8.50. The van der Waals surface area contributed by atoms with Crippen molar-refractivity contribution >= 4 is 11.7 Å². The van der Waals surface area contributed by atoms with Crippen LogP contribution in [0.4, 0.5) is 0 Å². The van der Waals surface area contributed by atoms with E-state index in [-0.39, 0.29) is 24.4 Å². The van der Waals surface area contributed by atoms with Crippen LogP contribution >= 0.6 is 0 Å². The molecule has 0 saturated carbocycles. The van der Waals surface area contributed by atoms with Crippen LogP contribution in [0.5, 0.6) is 0 Å². The molecule has 170 valence electrons. The minimum Gasteiger partial charge on any atom is -0.467 e. The maximum atomic E-state index is 13.4. The normalized spacial score (nSPS) is 11.1. The number of furan rings is 1. The fraction of sp³-hybridized carbons (Fsp3) is 0.154. The van der Waals surface area contributed by atoms with Crippen molar-refractivity contribution in [1.82, 2.24) is 24.5 Å². The lowest BCUT2D eigenvalue weighted by Crippen LogP contribution is -2.32. The molecular formula is C26H23N5O3. The fourth-order valence-electron chi connectivity index (χ4n) is 3.90. The van der Waals surface area contributed by atoms with Gasteiger partial charge >= 0.3 is 0 Å². The summed E-state index contributed by atoms with van der Waals surface area (Å²) in [5.74, 6) is 1.26. The van der Waals surface area contributed by atoms with Gasteiger partial charge in [-0.05, 0) is 24.6 Å². The Labute approximate surface area is 195 Å². The third-order valence-electron chi connectivity index (χ3n) is 5.72. The average Bonchev–Trinajstić information content (AvgIpc) is 3.55. The van der Waals surface area contributed by atoms with Gasteiger partial charge in [-0.15, -0.1) is 5.10 Å². The van der Waals surface area contributed by atoms with Crippen LogP contribution in [-0.2, 0) is 24.3 Å². The number of fused-ring (bicyclic) bond motifs is 1. The molecule has 8 nitrogen and oxygen atoms in total. The molecule has 0 saturated heterocycles. The van der Waals surface area contributed by atoms with E-state index in [1.807, 2.05) is 72.2 Å². The average molecular weight is 454 g/mol. The summed E-state index contributed by atoms with van der Waals surface area (Å²) in [6.45, 7) is 2.59. The molecule has 5 rings (SSSR count). The second-order valence-corrected chi connectivity index (χ2v) is 7.99. The summed E-state index contributed by atoms with van der Waals surface area (Å²) >= 11 is 0. The maximum absolute atomic E-state index is 13.4. The molecule has 8 heteroatoms. The molecule has 5 aromatic rings. The van der Waals surface area contributed by atoms with Gasteiger partial charge in [0.2, 0.25) is 11.7 Å². The van der Waals surface area contributed by atoms with Crippen LogP contribution in [0.1, 0.15) is 22.6 Å². The predicted octanol–water partition coefficient (Wildman–Crippen LogP) is 3.37. The highest BCUT2D eigenvalue weighted by molar-refractivity contribution is 5.78. The fourth-order valence-corrected chi connectivity index (χ4v) is 3.90. The van der Waals surface area contributed by atoms with Gasteiger partial charge in [-0.25, -0.2) is 0 Å². The molecule has 0 aliphatic carbocycles. The zero-order valence-electron chi connectivity index (χ0n) is 18.6. The molecule has 0 atom stereocenters. The third kappa shape index (κ3) is 4.25. The lowest BCUT2D eigenvalue weighted by molar-refractivity contribution is -0.120. The number of hydrogen-bond acceptors (Lipinski definition) is 5. The van der Waals surface area contributed by atoms with Gasteiger partial charge in [0.05, 0.1) is 25.8 Å². The molecule has 3 aromatic heterocycles. The van der Waals surface area contributed by atoms with Crippen molar-refractivity contribution in [3.8, 4) is 11.4 Å². The second kappa shape index (κ2) is 9.19. The van der Waals surface area contributed by atoms with E-state index in [9.17, 15) is 9.59 Å². The van der Waals surface area contributed by atoms with Gasteiger partial charge in [0.1, 0.15) is 5.76 Å². The first-order valence-corrected chi connectivity index (χ1v) is 11.0. The first-order chi connectivity index (χ1) is 16.6. The van der Waals surface area contributed by atoms with Crippen LogP contribution in [0.2, 0.25) is 0 Å². The highest BCUT2D eigenvalue weighted by Crippen LogP contribution is 2.18. The molecule has 0 fully saturated rings. The van der Waals surface area contributed by atoms with Gasteiger partial charge in [-0.3, -0.25) is 9.59 Å². The van der Waals surface area contributed by atoms with Crippen LogP contribution in [0.15, 0.2) is 88.3 Å². The van der Waals surface area contributed by atoms with E-state index in [0.29, 0.717) is 35.2 Å². The standard InChI is InChI=1S/C26H23N5O3/c1-18-22(15-23(32)27-16-21-13-8-14-34-21)25(33)31-26(30(18)17-19-9-4-2-5-10-19)28-24(29-31)20-11-6-3-7-12-20/h2-14H,15-17H2,1H3,(H,27,32). The Morgan fingerprint density at radius 2 is 1.74 bits per heavy atom. The van der Waals surface area contributed by atoms with E-state index in [2.05, 4.69) is 10.4 Å². The molecule has 0 aliphatic heterocycles. The highest BCUT2D eigenvalue weighted by Gasteiger charge is 2.20. The largest absolute Gasteiger partial charge is 0.467 e. The smallest absolute Gasteiger partial charge is 0.279 e. The number of aromatic nitrogens is 4. The highest BCUT2D eigenvalue weighted by atomic mass is 16.3. The molecule has 1 amide bonds. The van der Waals surface area contributed by atoms with Gasteiger partial charge in [-0.2, -0.15) is 9.50 Å². The number of carbonyl (C=O) groups is 1. The van der Waals surface area contributed by atoms with Crippen LogP contribution in [0.3, 0.4) is 0 Å². The van der Waals surface area contributed by atoms with Crippen molar-refractivity contribution < 1.29 is 9.21 Å². The van der Waals surface area contributed by atoms with Crippen molar-refractivity contribution in [3.05, 3.63) is 112 Å². The summed E-state index contributed by atoms with van der Waals surface area (Å²) in [4.78, 5) is 30.8. The molecule has 0 aliphatic rings. The molecule has 0 spiro atoms. The van der Waals surface area contributed by atoms with Crippen molar-refractivity contribution in [2.45, 2.75) is 26.4 Å². The molecule has 0 unspecified atom stereocenters. The molecule has 0 bridgehead atoms. The Bertz CT molecular complexity index is 1490. The van der Waals surface area contributed by atoms with E-state index in [4.69, 9.17) is 9.40 Å². The Morgan fingerprint density at radius 1 is 1.00 bits per heavy atom. The zero-order valence-corrected chi connectivity index (χ0v) is 18.6. The van der Waals surface area contributed by atoms with E-state index < -0.39 is 0 Å². The summed E-state index contributed by atoms with van der Waals surface area (Å²) in [5.41, 5.74) is 2.58. The van der Waals surface area contributed by atoms with Crippen LogP contribution in [0.25, 0.3) is 17.2 Å². The molecular weight excluding hydrogens is 430 g/mol. The lowest BCUT2D eigenvalue weighted by Gasteiger charge is -2.15. The van der Waals surface area contributed by atoms with Crippen molar-refractivity contribution in [3.63, 3.8) is 0 Å². The number of hydrogen-bond donors (Lipinski definition) is 1. The van der Waals surface area contributed by atoms with E-state index in [0.717, 1.165) is 11.1 Å². The van der Waals surface area contributed by atoms with Crippen molar-refractivity contribution in [1.29, 1.82) is 0 Å². The van der Waals surface area contributed by atoms with Gasteiger partial charge in [0, 0.05) is 16.8 Å². The van der Waals surface area contributed by atoms with Crippen LogP contribution in [0, 0.1) is 6.92 Å². The minimum absolute atomic E-state index is 0.0728. The number of benzene rings is 2. The van der Waals surface area contributed by atoms with Crippen molar-refractivity contribution in [2.24, 2.45) is 0 Å². The monoisotopic (exact) mass is 453 g/mol. The van der Waals surface area contributed by atoms with Gasteiger partial charge < -0.3 is 14.3 Å². The molecule has 1 N–H and O–H groups in total. The van der Waals surface area contributed by atoms with Crippen molar-refractivity contribution in [2.75, 3.05) is 0 Å². The number of amides is 1. The Hall–Kier alpha value is -4.46. The summed E-state index contributed by atoms with van der Waals surface area (Å²) in [6, 6.07) is 23.0. The topological polar surface area (TPSA) is 94.4 Å². The Balaban J connectivity index is 1.57. The SMILES string of the molecule is Cc1c(CC(=O)NCc2ccco2)c(=O)n2nc(-c3ccccc3)nc2n1Cc1ccccc1. The van der Waals surface area contributed by atoms with Gasteiger partial charge in [-0.1, -0.05) is 60.7 Å². The van der Waals surface area contributed by atoms with Crippen LogP contribution in [-0.4, -0.2) is 25.1 Å². The van der Waals surface area contributed by atoms with Gasteiger partial charge in [0.15, 0.2) is 5.82 Å². The number of nitrogens with one attached hydrogen (secondary N) is 1. The zero-order chi connectivity index (χ0) is 23.5. The quantitative estimate of drug-likeness (QED) is 0.408. The van der Waals surface area contributed by atoms with E-state index in [1.54, 1.807) is 18.4 Å². The van der Waals surface area contributed by atoms with Crippen LogP contribution < -0.4 is 10.9 Å². The van der Waals surface area contributed by atoms with E-state index >= 15 is 0 Å². The minimum atomic E-state index is -0.348. The maximum Gasteiger partial charge on any atom is 0.279 e. The number of carbonyl (C=O) groups excluding carboxylic acids is 1. The summed E-state index contributed by atoms with van der Waals surface area (Å²) in [5, 5.41) is 7.32.